The average Bonchev–Trinajstić information content (AvgIpc) is 3.06. The molecule has 1 amide bonds. The van der Waals surface area contributed by atoms with Crippen LogP contribution in [-0.2, 0) is 6.54 Å². The molecule has 2 saturated heterocycles. The first-order valence-electron chi connectivity index (χ1n) is 8.60. The lowest BCUT2D eigenvalue weighted by atomic mass is 9.78. The van der Waals surface area contributed by atoms with Crippen molar-refractivity contribution in [3.05, 3.63) is 17.0 Å². The third kappa shape index (κ3) is 3.41. The van der Waals surface area contributed by atoms with Gasteiger partial charge in [0.1, 0.15) is 0 Å². The van der Waals surface area contributed by atoms with Crippen LogP contribution in [0.15, 0.2) is 0 Å². The lowest BCUT2D eigenvalue weighted by molar-refractivity contribution is 0.0606. The molecule has 3 heterocycles. The number of halogens is 1. The quantitative estimate of drug-likeness (QED) is 0.920. The molecule has 2 aliphatic heterocycles. The van der Waals surface area contributed by atoms with Crippen molar-refractivity contribution in [1.82, 2.24) is 20.0 Å². The summed E-state index contributed by atoms with van der Waals surface area (Å²) in [4.78, 5) is 15.0. The second-order valence-corrected chi connectivity index (χ2v) is 6.99. The van der Waals surface area contributed by atoms with Crippen LogP contribution >= 0.6 is 12.4 Å². The maximum Gasteiger partial charge on any atom is 0.257 e. The zero-order chi connectivity index (χ0) is 15.7. The highest BCUT2D eigenvalue weighted by Crippen LogP contribution is 2.37. The van der Waals surface area contributed by atoms with Crippen LogP contribution in [0.25, 0.3) is 0 Å². The van der Waals surface area contributed by atoms with E-state index in [-0.39, 0.29) is 18.3 Å². The van der Waals surface area contributed by atoms with Gasteiger partial charge in [0.15, 0.2) is 0 Å². The number of carbonyl (C=O) groups excluding carboxylic acids is 1. The lowest BCUT2D eigenvalue weighted by Crippen LogP contribution is -2.44. The lowest BCUT2D eigenvalue weighted by Gasteiger charge is -2.38. The summed E-state index contributed by atoms with van der Waals surface area (Å²) in [6.07, 6.45) is 4.57. The Bertz CT molecular complexity index is 553. The van der Waals surface area contributed by atoms with Gasteiger partial charge in [-0.05, 0) is 51.5 Å². The Morgan fingerprint density at radius 3 is 2.52 bits per heavy atom. The number of amides is 1. The van der Waals surface area contributed by atoms with Gasteiger partial charge in [0.2, 0.25) is 0 Å². The molecule has 0 unspecified atom stereocenters. The summed E-state index contributed by atoms with van der Waals surface area (Å²) in [6.45, 7) is 11.0. The summed E-state index contributed by atoms with van der Waals surface area (Å²) < 4.78 is 1.98. The second-order valence-electron chi connectivity index (χ2n) is 6.99. The molecule has 3 rings (SSSR count). The van der Waals surface area contributed by atoms with E-state index < -0.39 is 0 Å². The van der Waals surface area contributed by atoms with E-state index in [4.69, 9.17) is 0 Å². The van der Waals surface area contributed by atoms with Gasteiger partial charge in [0.05, 0.1) is 11.3 Å². The number of aromatic nitrogens is 2. The minimum absolute atomic E-state index is 0. The molecule has 1 spiro atoms. The summed E-state index contributed by atoms with van der Waals surface area (Å²) in [5.41, 5.74) is 3.17. The number of likely N-dealkylation sites (tertiary alicyclic amines) is 1. The Morgan fingerprint density at radius 2 is 1.96 bits per heavy atom. The number of nitrogens with one attached hydrogen (secondary N) is 1. The highest BCUT2D eigenvalue weighted by atomic mass is 35.5. The Labute approximate surface area is 145 Å². The maximum atomic E-state index is 12.9. The van der Waals surface area contributed by atoms with E-state index in [0.29, 0.717) is 5.41 Å². The van der Waals surface area contributed by atoms with Gasteiger partial charge < -0.3 is 10.2 Å². The minimum Gasteiger partial charge on any atom is -0.338 e. The standard InChI is InChI=1S/C17H28N4O.ClH/c1-4-9-21-14(3)15(13(2)19-21)16(22)20-10-6-17(7-11-20)5-8-18-12-17;/h18H,4-12H2,1-3H3;1H. The normalized spacial score (nSPS) is 19.9. The first kappa shape index (κ1) is 18.3. The largest absolute Gasteiger partial charge is 0.338 e. The smallest absolute Gasteiger partial charge is 0.257 e. The van der Waals surface area contributed by atoms with Crippen molar-refractivity contribution >= 4 is 18.3 Å². The van der Waals surface area contributed by atoms with E-state index in [0.717, 1.165) is 68.9 Å². The number of nitrogens with zero attached hydrogens (tertiary/aromatic N) is 3. The molecule has 6 heteroatoms. The van der Waals surface area contributed by atoms with Crippen molar-refractivity contribution < 1.29 is 4.79 Å². The molecule has 0 radical (unpaired) electrons. The maximum absolute atomic E-state index is 12.9. The van der Waals surface area contributed by atoms with Crippen LogP contribution in [0.3, 0.4) is 0 Å². The van der Waals surface area contributed by atoms with E-state index in [1.54, 1.807) is 0 Å². The molecule has 2 fully saturated rings. The van der Waals surface area contributed by atoms with Crippen molar-refractivity contribution in [2.45, 2.75) is 53.0 Å². The predicted molar refractivity (Wildman–Crippen MR) is 94.3 cm³/mol. The van der Waals surface area contributed by atoms with Crippen molar-refractivity contribution in [3.8, 4) is 0 Å². The van der Waals surface area contributed by atoms with Crippen LogP contribution < -0.4 is 5.32 Å². The van der Waals surface area contributed by atoms with E-state index in [2.05, 4.69) is 17.3 Å². The number of hydrogen-bond acceptors (Lipinski definition) is 3. The third-order valence-electron chi connectivity index (χ3n) is 5.47. The van der Waals surface area contributed by atoms with Gasteiger partial charge in [0.25, 0.3) is 5.91 Å². The fraction of sp³-hybridized carbons (Fsp3) is 0.765. The Morgan fingerprint density at radius 1 is 1.26 bits per heavy atom. The average molecular weight is 341 g/mol. The summed E-state index contributed by atoms with van der Waals surface area (Å²) in [5.74, 6) is 0.179. The summed E-state index contributed by atoms with van der Waals surface area (Å²) in [5, 5.41) is 8.02. The SMILES string of the molecule is CCCn1nc(C)c(C(=O)N2CCC3(CCNC3)CC2)c1C.Cl. The summed E-state index contributed by atoms with van der Waals surface area (Å²) in [6, 6.07) is 0. The number of piperidine rings is 1. The van der Waals surface area contributed by atoms with Crippen LogP contribution in [0.5, 0.6) is 0 Å². The van der Waals surface area contributed by atoms with Gasteiger partial charge in [-0.2, -0.15) is 5.10 Å². The Kier molecular flexibility index (Phi) is 5.74. The topological polar surface area (TPSA) is 50.2 Å². The fourth-order valence-electron chi connectivity index (χ4n) is 4.00. The van der Waals surface area contributed by atoms with E-state index in [9.17, 15) is 4.79 Å². The second kappa shape index (κ2) is 7.22. The first-order chi connectivity index (χ1) is 10.6. The molecule has 2 aliphatic rings. The summed E-state index contributed by atoms with van der Waals surface area (Å²) in [7, 11) is 0. The highest BCUT2D eigenvalue weighted by molar-refractivity contribution is 5.96. The van der Waals surface area contributed by atoms with Crippen molar-refractivity contribution in [2.75, 3.05) is 26.2 Å². The zero-order valence-electron chi connectivity index (χ0n) is 14.5. The van der Waals surface area contributed by atoms with Crippen molar-refractivity contribution in [1.29, 1.82) is 0 Å². The van der Waals surface area contributed by atoms with Gasteiger partial charge in [-0.1, -0.05) is 6.92 Å². The van der Waals surface area contributed by atoms with Crippen LogP contribution in [0.4, 0.5) is 0 Å². The van der Waals surface area contributed by atoms with Gasteiger partial charge in [0, 0.05) is 31.9 Å². The number of hydrogen-bond donors (Lipinski definition) is 1. The molecule has 5 nitrogen and oxygen atoms in total. The molecule has 0 atom stereocenters. The van der Waals surface area contributed by atoms with Gasteiger partial charge in [-0.3, -0.25) is 9.48 Å². The molecular formula is C17H29ClN4O. The van der Waals surface area contributed by atoms with E-state index in [1.165, 1.54) is 6.42 Å². The molecular weight excluding hydrogens is 312 g/mol. The van der Waals surface area contributed by atoms with Gasteiger partial charge >= 0.3 is 0 Å². The molecule has 0 aromatic carbocycles. The number of aryl methyl sites for hydroxylation is 2. The van der Waals surface area contributed by atoms with E-state index >= 15 is 0 Å². The zero-order valence-corrected chi connectivity index (χ0v) is 15.3. The molecule has 0 saturated carbocycles. The number of carbonyl (C=O) groups is 1. The molecule has 1 aromatic rings. The Hall–Kier alpha value is -1.07. The molecule has 0 bridgehead atoms. The number of rotatable bonds is 3. The van der Waals surface area contributed by atoms with Gasteiger partial charge in [-0.15, -0.1) is 12.4 Å². The first-order valence-corrected chi connectivity index (χ1v) is 8.60. The predicted octanol–water partition coefficient (Wildman–Crippen LogP) is 2.55. The molecule has 0 aliphatic carbocycles. The molecule has 1 N–H and O–H groups in total. The minimum atomic E-state index is 0. The monoisotopic (exact) mass is 340 g/mol. The van der Waals surface area contributed by atoms with Crippen LogP contribution in [0.1, 0.15) is 54.4 Å². The summed E-state index contributed by atoms with van der Waals surface area (Å²) >= 11 is 0. The highest BCUT2D eigenvalue weighted by Gasteiger charge is 2.38. The van der Waals surface area contributed by atoms with Crippen LogP contribution in [0.2, 0.25) is 0 Å². The van der Waals surface area contributed by atoms with Crippen molar-refractivity contribution in [3.63, 3.8) is 0 Å². The van der Waals surface area contributed by atoms with E-state index in [1.807, 2.05) is 23.4 Å². The van der Waals surface area contributed by atoms with Crippen LogP contribution in [0, 0.1) is 19.3 Å². The molecule has 1 aromatic heterocycles. The fourth-order valence-corrected chi connectivity index (χ4v) is 4.00. The molecule has 130 valence electrons. The molecule has 23 heavy (non-hydrogen) atoms. The third-order valence-corrected chi connectivity index (χ3v) is 5.47. The van der Waals surface area contributed by atoms with Gasteiger partial charge in [-0.25, -0.2) is 0 Å². The Balaban J connectivity index is 0.00000192. The van der Waals surface area contributed by atoms with Crippen LogP contribution in [-0.4, -0.2) is 46.8 Å². The van der Waals surface area contributed by atoms with Crippen molar-refractivity contribution in [2.24, 2.45) is 5.41 Å².